The Hall–Kier alpha value is -7.94. The van der Waals surface area contributed by atoms with Crippen LogP contribution in [0, 0.1) is 0 Å². The van der Waals surface area contributed by atoms with Gasteiger partial charge in [-0.1, -0.05) is 194 Å². The number of hydrogen-bond acceptors (Lipinski definition) is 1. The van der Waals surface area contributed by atoms with E-state index in [1.807, 2.05) is 0 Å². The molecule has 0 saturated carbocycles. The number of para-hydroxylation sites is 3. The Morgan fingerprint density at radius 3 is 1.53 bits per heavy atom. The van der Waals surface area contributed by atoms with Gasteiger partial charge in [-0.05, 0) is 98.2 Å². The molecular formula is C58H40N2. The monoisotopic (exact) mass is 764 g/mol. The third-order valence-electron chi connectivity index (χ3n) is 11.8. The van der Waals surface area contributed by atoms with E-state index in [2.05, 4.69) is 252 Å². The average molecular weight is 765 g/mol. The molecule has 0 aliphatic rings. The summed E-state index contributed by atoms with van der Waals surface area (Å²) in [6, 6.07) is 87.9. The summed E-state index contributed by atoms with van der Waals surface area (Å²) in [6.07, 6.45) is 0. The van der Waals surface area contributed by atoms with Crippen molar-refractivity contribution in [3.63, 3.8) is 0 Å². The molecule has 11 rings (SSSR count). The Balaban J connectivity index is 1.16. The summed E-state index contributed by atoms with van der Waals surface area (Å²) in [4.78, 5) is 2.48. The zero-order chi connectivity index (χ0) is 39.8. The normalized spacial score (nSPS) is 11.3. The predicted molar refractivity (Wildman–Crippen MR) is 255 cm³/mol. The zero-order valence-corrected chi connectivity index (χ0v) is 33.0. The van der Waals surface area contributed by atoms with E-state index in [4.69, 9.17) is 0 Å². The SMILES string of the molecule is c1ccc(-c2ccccc2-c2ccccc2-c2ccccc2N(c2ccc(-c3cccc4ccccc34)cc2)c2cccc3c2c2ccccc2n3-c2ccccc2)cc1. The molecule has 0 bridgehead atoms. The maximum Gasteiger partial charge on any atom is 0.0562 e. The van der Waals surface area contributed by atoms with Gasteiger partial charge >= 0.3 is 0 Å². The van der Waals surface area contributed by atoms with Gasteiger partial charge in [-0.3, -0.25) is 0 Å². The fourth-order valence-electron chi connectivity index (χ4n) is 9.15. The quantitative estimate of drug-likeness (QED) is 0.150. The van der Waals surface area contributed by atoms with E-state index >= 15 is 0 Å². The lowest BCUT2D eigenvalue weighted by molar-refractivity contribution is 1.18. The standard InChI is InChI=1S/C58H40N2/c1-3-19-41(20-4-1)48-26-9-10-27-49(48)50-28-11-12-29-51(50)52-30-13-15-33-54(52)60(45-39-37-43(38-40-45)47-32-17-22-42-21-7-8-25-46(42)47)57-36-18-35-56-58(57)53-31-14-16-34-55(53)59(56)44-23-5-2-6-24-44/h1-40H. The second-order valence-electron chi connectivity index (χ2n) is 15.2. The number of anilines is 3. The maximum atomic E-state index is 2.48. The van der Waals surface area contributed by atoms with Crippen molar-refractivity contribution in [1.82, 2.24) is 4.57 Å². The highest BCUT2D eigenvalue weighted by molar-refractivity contribution is 6.17. The van der Waals surface area contributed by atoms with E-state index < -0.39 is 0 Å². The van der Waals surface area contributed by atoms with Gasteiger partial charge in [0.1, 0.15) is 0 Å². The molecule has 0 radical (unpaired) electrons. The molecule has 0 unspecified atom stereocenters. The molecular weight excluding hydrogens is 725 g/mol. The second kappa shape index (κ2) is 15.1. The summed E-state index contributed by atoms with van der Waals surface area (Å²) >= 11 is 0. The highest BCUT2D eigenvalue weighted by atomic mass is 15.2. The average Bonchev–Trinajstić information content (AvgIpc) is 3.67. The second-order valence-corrected chi connectivity index (χ2v) is 15.2. The van der Waals surface area contributed by atoms with E-state index in [1.165, 1.54) is 66.0 Å². The predicted octanol–water partition coefficient (Wildman–Crippen LogP) is 16.1. The minimum Gasteiger partial charge on any atom is -0.309 e. The van der Waals surface area contributed by atoms with Crippen LogP contribution in [0.3, 0.4) is 0 Å². The number of fused-ring (bicyclic) bond motifs is 4. The van der Waals surface area contributed by atoms with E-state index in [-0.39, 0.29) is 0 Å². The van der Waals surface area contributed by atoms with Crippen LogP contribution in [0.15, 0.2) is 243 Å². The smallest absolute Gasteiger partial charge is 0.0562 e. The van der Waals surface area contributed by atoms with Gasteiger partial charge in [0, 0.05) is 27.7 Å². The van der Waals surface area contributed by atoms with Crippen molar-refractivity contribution in [1.29, 1.82) is 0 Å². The molecule has 10 aromatic carbocycles. The van der Waals surface area contributed by atoms with Crippen molar-refractivity contribution in [2.45, 2.75) is 0 Å². The third kappa shape index (κ3) is 6.06. The molecule has 0 aliphatic heterocycles. The third-order valence-corrected chi connectivity index (χ3v) is 11.8. The van der Waals surface area contributed by atoms with Gasteiger partial charge in [0.15, 0.2) is 0 Å². The molecule has 0 saturated heterocycles. The summed E-state index contributed by atoms with van der Waals surface area (Å²) in [6.45, 7) is 0. The fraction of sp³-hybridized carbons (Fsp3) is 0. The van der Waals surface area contributed by atoms with Gasteiger partial charge < -0.3 is 9.47 Å². The topological polar surface area (TPSA) is 8.17 Å². The molecule has 60 heavy (non-hydrogen) atoms. The molecule has 0 amide bonds. The van der Waals surface area contributed by atoms with Crippen molar-refractivity contribution < 1.29 is 0 Å². The first-order valence-corrected chi connectivity index (χ1v) is 20.6. The van der Waals surface area contributed by atoms with Gasteiger partial charge in [-0.15, -0.1) is 0 Å². The van der Waals surface area contributed by atoms with Crippen molar-refractivity contribution >= 4 is 49.6 Å². The van der Waals surface area contributed by atoms with E-state index in [9.17, 15) is 0 Å². The maximum absolute atomic E-state index is 2.48. The van der Waals surface area contributed by atoms with Gasteiger partial charge in [0.05, 0.1) is 22.4 Å². The summed E-state index contributed by atoms with van der Waals surface area (Å²) < 4.78 is 2.40. The summed E-state index contributed by atoms with van der Waals surface area (Å²) in [5.41, 5.74) is 16.3. The molecule has 0 N–H and O–H groups in total. The molecule has 0 atom stereocenters. The molecule has 0 fully saturated rings. The fourth-order valence-corrected chi connectivity index (χ4v) is 9.15. The molecule has 1 heterocycles. The van der Waals surface area contributed by atoms with Gasteiger partial charge in [-0.25, -0.2) is 0 Å². The van der Waals surface area contributed by atoms with Crippen LogP contribution in [0.25, 0.3) is 82.8 Å². The Labute approximate surface area is 350 Å². The first kappa shape index (κ1) is 35.2. The van der Waals surface area contributed by atoms with Gasteiger partial charge in [0.2, 0.25) is 0 Å². The molecule has 0 aliphatic carbocycles. The minimum absolute atomic E-state index is 1.08. The first-order valence-electron chi connectivity index (χ1n) is 20.6. The molecule has 2 nitrogen and oxygen atoms in total. The largest absolute Gasteiger partial charge is 0.309 e. The molecule has 2 heteroatoms. The van der Waals surface area contributed by atoms with E-state index in [0.29, 0.717) is 0 Å². The number of aromatic nitrogens is 1. The highest BCUT2D eigenvalue weighted by Gasteiger charge is 2.24. The van der Waals surface area contributed by atoms with Crippen molar-refractivity contribution in [2.75, 3.05) is 4.90 Å². The van der Waals surface area contributed by atoms with E-state index in [0.717, 1.165) is 33.8 Å². The van der Waals surface area contributed by atoms with Gasteiger partial charge in [-0.2, -0.15) is 0 Å². The van der Waals surface area contributed by atoms with Crippen LogP contribution in [-0.2, 0) is 0 Å². The number of benzene rings is 10. The number of rotatable bonds is 8. The van der Waals surface area contributed by atoms with Crippen LogP contribution in [-0.4, -0.2) is 4.57 Å². The van der Waals surface area contributed by atoms with Crippen LogP contribution in [0.1, 0.15) is 0 Å². The molecule has 282 valence electrons. The summed E-state index contributed by atoms with van der Waals surface area (Å²) in [7, 11) is 0. The van der Waals surface area contributed by atoms with Crippen molar-refractivity contribution in [3.05, 3.63) is 243 Å². The molecule has 11 aromatic rings. The highest BCUT2D eigenvalue weighted by Crippen LogP contribution is 2.48. The Morgan fingerprint density at radius 1 is 0.283 bits per heavy atom. The lowest BCUT2D eigenvalue weighted by Gasteiger charge is -2.29. The minimum atomic E-state index is 1.08. The van der Waals surface area contributed by atoms with Crippen LogP contribution >= 0.6 is 0 Å². The van der Waals surface area contributed by atoms with Gasteiger partial charge in [0.25, 0.3) is 0 Å². The molecule has 1 aromatic heterocycles. The lowest BCUT2D eigenvalue weighted by atomic mass is 9.88. The Kier molecular flexibility index (Phi) is 8.87. The van der Waals surface area contributed by atoms with Crippen LogP contribution < -0.4 is 4.90 Å². The summed E-state index contributed by atoms with van der Waals surface area (Å²) in [5, 5.41) is 4.90. The van der Waals surface area contributed by atoms with Crippen LogP contribution in [0.5, 0.6) is 0 Å². The van der Waals surface area contributed by atoms with E-state index in [1.54, 1.807) is 0 Å². The van der Waals surface area contributed by atoms with Crippen LogP contribution in [0.4, 0.5) is 17.1 Å². The van der Waals surface area contributed by atoms with Crippen LogP contribution in [0.2, 0.25) is 0 Å². The lowest BCUT2D eigenvalue weighted by Crippen LogP contribution is -2.12. The van der Waals surface area contributed by atoms with Crippen molar-refractivity contribution in [3.8, 4) is 50.2 Å². The zero-order valence-electron chi connectivity index (χ0n) is 33.0. The first-order chi connectivity index (χ1) is 29.8. The Morgan fingerprint density at radius 2 is 0.767 bits per heavy atom. The number of nitrogens with zero attached hydrogens (tertiary/aromatic N) is 2. The van der Waals surface area contributed by atoms with Crippen molar-refractivity contribution in [2.24, 2.45) is 0 Å². The number of hydrogen-bond donors (Lipinski definition) is 0. The summed E-state index contributed by atoms with van der Waals surface area (Å²) in [5.74, 6) is 0. The Bertz CT molecular complexity index is 3300. The molecule has 0 spiro atoms.